The average Bonchev–Trinajstić information content (AvgIpc) is 3.49. The zero-order chi connectivity index (χ0) is 27.7. The molecule has 1 aliphatic heterocycles. The summed E-state index contributed by atoms with van der Waals surface area (Å²) in [5, 5.41) is 8.25. The van der Waals surface area contributed by atoms with E-state index in [1.165, 1.54) is 0 Å². The Bertz CT molecular complexity index is 1660. The number of hydrogen-bond donors (Lipinski definition) is 1. The third kappa shape index (κ3) is 5.14. The summed E-state index contributed by atoms with van der Waals surface area (Å²) in [7, 11) is 1.53. The van der Waals surface area contributed by atoms with E-state index in [1.54, 1.807) is 51.1 Å². The summed E-state index contributed by atoms with van der Waals surface area (Å²) in [5.41, 5.74) is 3.52. The van der Waals surface area contributed by atoms with Gasteiger partial charge in [0.05, 0.1) is 61.2 Å². The van der Waals surface area contributed by atoms with E-state index in [2.05, 4.69) is 10.4 Å². The number of nitrogens with one attached hydrogen (secondary N) is 1. The topological polar surface area (TPSA) is 122 Å². The minimum Gasteiger partial charge on any atom is -0.496 e. The molecule has 4 aromatic rings. The van der Waals surface area contributed by atoms with E-state index in [9.17, 15) is 13.2 Å². The molecule has 0 saturated carbocycles. The lowest BCUT2D eigenvalue weighted by atomic mass is 10.0. The zero-order valence-electron chi connectivity index (χ0n) is 22.2. The van der Waals surface area contributed by atoms with Crippen LogP contribution >= 0.6 is 0 Å². The Labute approximate surface area is 226 Å². The molecule has 0 radical (unpaired) electrons. The smallest absolute Gasteiger partial charge is 0.252 e. The highest BCUT2D eigenvalue weighted by Crippen LogP contribution is 2.35. The summed E-state index contributed by atoms with van der Waals surface area (Å²) < 4.78 is 42.5. The van der Waals surface area contributed by atoms with E-state index >= 15 is 0 Å². The van der Waals surface area contributed by atoms with E-state index in [1.807, 2.05) is 30.3 Å². The number of amides is 1. The number of carbonyl (C=O) groups is 1. The number of benzene rings is 2. The number of fused-ring (bicyclic) bond motifs is 1. The van der Waals surface area contributed by atoms with Crippen LogP contribution in [-0.2, 0) is 16.4 Å². The molecule has 11 heteroatoms. The molecule has 1 saturated heterocycles. The highest BCUT2D eigenvalue weighted by molar-refractivity contribution is 7.91. The highest BCUT2D eigenvalue weighted by atomic mass is 32.2. The number of aryl methyl sites for hydroxylation is 1. The summed E-state index contributed by atoms with van der Waals surface area (Å²) in [5.74, 6) is 1.53. The summed E-state index contributed by atoms with van der Waals surface area (Å²) in [6.45, 7) is 2.06. The molecule has 204 valence electrons. The molecule has 2 aromatic heterocycles. The second-order valence-electron chi connectivity index (χ2n) is 9.40. The van der Waals surface area contributed by atoms with Crippen LogP contribution in [0.25, 0.3) is 22.3 Å². The molecule has 0 bridgehead atoms. The first-order valence-electron chi connectivity index (χ1n) is 12.5. The minimum atomic E-state index is -3.16. The third-order valence-corrected chi connectivity index (χ3v) is 8.70. The third-order valence-electron chi connectivity index (χ3n) is 6.95. The van der Waals surface area contributed by atoms with Crippen molar-refractivity contribution in [2.45, 2.75) is 25.9 Å². The summed E-state index contributed by atoms with van der Waals surface area (Å²) >= 11 is 0. The van der Waals surface area contributed by atoms with Crippen molar-refractivity contribution in [1.82, 2.24) is 20.1 Å². The lowest BCUT2D eigenvalue weighted by Crippen LogP contribution is -2.23. The Morgan fingerprint density at radius 3 is 2.46 bits per heavy atom. The van der Waals surface area contributed by atoms with Crippen molar-refractivity contribution in [3.05, 3.63) is 65.4 Å². The molecule has 1 fully saturated rings. The number of aromatic nitrogens is 3. The maximum Gasteiger partial charge on any atom is 0.252 e. The Morgan fingerprint density at radius 2 is 1.77 bits per heavy atom. The Balaban J connectivity index is 1.63. The lowest BCUT2D eigenvalue weighted by Gasteiger charge is -2.14. The van der Waals surface area contributed by atoms with Crippen LogP contribution in [0.5, 0.6) is 17.2 Å². The number of carbonyl (C=O) groups excluding carboxylic acids is 1. The SMILES string of the molecule is COc1ccccc1CNC(=O)c1cc(-c2ccc(OC)c(OC)c2)nc2c1c(C)nn2C1CCS(=O)(=O)C1. The van der Waals surface area contributed by atoms with Crippen LogP contribution in [0, 0.1) is 6.92 Å². The van der Waals surface area contributed by atoms with Crippen molar-refractivity contribution < 1.29 is 27.4 Å². The first kappa shape index (κ1) is 26.5. The summed E-state index contributed by atoms with van der Waals surface area (Å²) in [6.07, 6.45) is 0.441. The number of sulfone groups is 1. The molecular weight excluding hydrogens is 520 g/mol. The van der Waals surface area contributed by atoms with Gasteiger partial charge < -0.3 is 19.5 Å². The fourth-order valence-electron chi connectivity index (χ4n) is 4.98. The van der Waals surface area contributed by atoms with Gasteiger partial charge >= 0.3 is 0 Å². The van der Waals surface area contributed by atoms with Crippen molar-refractivity contribution in [1.29, 1.82) is 0 Å². The molecule has 3 heterocycles. The molecule has 39 heavy (non-hydrogen) atoms. The van der Waals surface area contributed by atoms with Crippen LogP contribution in [-0.4, -0.2) is 61.9 Å². The lowest BCUT2D eigenvalue weighted by molar-refractivity contribution is 0.0952. The van der Waals surface area contributed by atoms with Gasteiger partial charge in [0.25, 0.3) is 5.91 Å². The highest BCUT2D eigenvalue weighted by Gasteiger charge is 2.32. The molecule has 0 aliphatic carbocycles. The maximum atomic E-state index is 13.7. The van der Waals surface area contributed by atoms with Crippen LogP contribution in [0.2, 0.25) is 0 Å². The van der Waals surface area contributed by atoms with Crippen LogP contribution in [0.15, 0.2) is 48.5 Å². The van der Waals surface area contributed by atoms with E-state index in [-0.39, 0.29) is 30.0 Å². The fourth-order valence-corrected chi connectivity index (χ4v) is 6.67. The number of hydrogen-bond acceptors (Lipinski definition) is 8. The molecule has 10 nitrogen and oxygen atoms in total. The van der Waals surface area contributed by atoms with E-state index in [4.69, 9.17) is 19.2 Å². The maximum absolute atomic E-state index is 13.7. The molecule has 0 spiro atoms. The largest absolute Gasteiger partial charge is 0.496 e. The van der Waals surface area contributed by atoms with Crippen molar-refractivity contribution in [2.75, 3.05) is 32.8 Å². The van der Waals surface area contributed by atoms with Gasteiger partial charge in [-0.05, 0) is 43.7 Å². The predicted molar refractivity (Wildman–Crippen MR) is 147 cm³/mol. The molecular formula is C28H30N4O6S. The second kappa shape index (κ2) is 10.6. The molecule has 1 atom stereocenters. The van der Waals surface area contributed by atoms with Crippen LogP contribution in [0.1, 0.15) is 34.1 Å². The molecule has 1 amide bonds. The van der Waals surface area contributed by atoms with Gasteiger partial charge in [-0.25, -0.2) is 18.1 Å². The average molecular weight is 551 g/mol. The number of para-hydroxylation sites is 1. The second-order valence-corrected chi connectivity index (χ2v) is 11.6. The van der Waals surface area contributed by atoms with Gasteiger partial charge in [0, 0.05) is 17.7 Å². The van der Waals surface area contributed by atoms with Crippen LogP contribution in [0.4, 0.5) is 0 Å². The van der Waals surface area contributed by atoms with Gasteiger partial charge in [0.2, 0.25) is 0 Å². The van der Waals surface area contributed by atoms with Crippen molar-refractivity contribution in [3.63, 3.8) is 0 Å². The minimum absolute atomic E-state index is 0.0131. The standard InChI is InChI=1S/C28H30N4O6S/c1-17-26-21(28(33)29-15-19-7-5-6-8-23(19)36-2)14-22(18-9-10-24(37-3)25(13-18)38-4)30-27(26)32(31-17)20-11-12-39(34,35)16-20/h5-10,13-14,20H,11-12,15-16H2,1-4H3,(H,29,33). The molecule has 1 unspecified atom stereocenters. The van der Waals surface area contributed by atoms with Crippen molar-refractivity contribution in [2.24, 2.45) is 0 Å². The van der Waals surface area contributed by atoms with Crippen LogP contribution < -0.4 is 19.5 Å². The summed E-state index contributed by atoms with van der Waals surface area (Å²) in [4.78, 5) is 18.6. The number of nitrogens with zero attached hydrogens (tertiary/aromatic N) is 3. The van der Waals surface area contributed by atoms with Gasteiger partial charge in [-0.3, -0.25) is 4.79 Å². The van der Waals surface area contributed by atoms with E-state index in [0.29, 0.717) is 57.2 Å². The van der Waals surface area contributed by atoms with Gasteiger partial charge in [-0.15, -0.1) is 0 Å². The first-order chi connectivity index (χ1) is 18.7. The quantitative estimate of drug-likeness (QED) is 0.352. The Morgan fingerprint density at radius 1 is 1.03 bits per heavy atom. The van der Waals surface area contributed by atoms with Gasteiger partial charge in [-0.2, -0.15) is 5.10 Å². The van der Waals surface area contributed by atoms with Gasteiger partial charge in [-0.1, -0.05) is 18.2 Å². The van der Waals surface area contributed by atoms with Gasteiger partial charge in [0.1, 0.15) is 5.75 Å². The number of rotatable bonds is 8. The van der Waals surface area contributed by atoms with Crippen LogP contribution in [0.3, 0.4) is 0 Å². The number of pyridine rings is 1. The Hall–Kier alpha value is -4.12. The predicted octanol–water partition coefficient (Wildman–Crippen LogP) is 3.72. The molecule has 1 aliphatic rings. The van der Waals surface area contributed by atoms with E-state index < -0.39 is 9.84 Å². The molecule has 1 N–H and O–H groups in total. The number of methoxy groups -OCH3 is 3. The van der Waals surface area contributed by atoms with Gasteiger partial charge in [0.15, 0.2) is 27.0 Å². The molecule has 2 aromatic carbocycles. The van der Waals surface area contributed by atoms with E-state index in [0.717, 1.165) is 5.56 Å². The zero-order valence-corrected chi connectivity index (χ0v) is 23.0. The molecule has 5 rings (SSSR count). The normalized spacial score (nSPS) is 16.3. The monoisotopic (exact) mass is 550 g/mol. The first-order valence-corrected chi connectivity index (χ1v) is 14.3. The van der Waals surface area contributed by atoms with Crippen molar-refractivity contribution in [3.8, 4) is 28.5 Å². The van der Waals surface area contributed by atoms with Crippen molar-refractivity contribution >= 4 is 26.8 Å². The summed E-state index contributed by atoms with van der Waals surface area (Å²) in [6, 6.07) is 14.2. The Kier molecular flexibility index (Phi) is 7.17. The fraction of sp³-hybridized carbons (Fsp3) is 0.321. The number of ether oxygens (including phenoxy) is 3.